The summed E-state index contributed by atoms with van der Waals surface area (Å²) < 4.78 is 0. The molecule has 2 aliphatic heterocycles. The summed E-state index contributed by atoms with van der Waals surface area (Å²) in [5.74, 6) is 0.591. The molecule has 1 aromatic heterocycles. The first-order chi connectivity index (χ1) is 9.97. The van der Waals surface area contributed by atoms with E-state index in [2.05, 4.69) is 15.2 Å². The maximum Gasteiger partial charge on any atom is 0.252 e. The zero-order valence-corrected chi connectivity index (χ0v) is 12.5. The SMILES string of the molecule is Cc1cc(C(N)=O)c(N2CC3CNCC3(CO)C2)nc1C. The summed E-state index contributed by atoms with van der Waals surface area (Å²) in [6.45, 7) is 7.22. The van der Waals surface area contributed by atoms with Gasteiger partial charge >= 0.3 is 0 Å². The van der Waals surface area contributed by atoms with Crippen molar-refractivity contribution in [2.24, 2.45) is 17.1 Å². The average molecular weight is 290 g/mol. The Hall–Kier alpha value is -1.66. The molecule has 6 nitrogen and oxygen atoms in total. The number of hydrogen-bond acceptors (Lipinski definition) is 5. The summed E-state index contributed by atoms with van der Waals surface area (Å²) in [5.41, 5.74) is 7.73. The first-order valence-electron chi connectivity index (χ1n) is 7.31. The Kier molecular flexibility index (Phi) is 3.37. The number of carbonyl (C=O) groups is 1. The maximum atomic E-state index is 11.7. The number of aromatic nitrogens is 1. The molecule has 2 unspecified atom stereocenters. The summed E-state index contributed by atoms with van der Waals surface area (Å²) in [4.78, 5) is 18.4. The Bertz CT molecular complexity index is 589. The van der Waals surface area contributed by atoms with E-state index in [9.17, 15) is 9.90 Å². The molecule has 0 spiro atoms. The summed E-state index contributed by atoms with van der Waals surface area (Å²) in [6.07, 6.45) is 0. The quantitative estimate of drug-likeness (QED) is 0.718. The summed E-state index contributed by atoms with van der Waals surface area (Å²) in [6, 6.07) is 1.82. The van der Waals surface area contributed by atoms with E-state index in [0.29, 0.717) is 23.8 Å². The van der Waals surface area contributed by atoms with E-state index in [1.807, 2.05) is 19.9 Å². The van der Waals surface area contributed by atoms with E-state index in [4.69, 9.17) is 5.73 Å². The van der Waals surface area contributed by atoms with Crippen LogP contribution in [0.5, 0.6) is 0 Å². The third-order valence-corrected chi connectivity index (χ3v) is 5.01. The molecule has 114 valence electrons. The second-order valence-corrected chi connectivity index (χ2v) is 6.35. The van der Waals surface area contributed by atoms with Gasteiger partial charge < -0.3 is 21.1 Å². The molecule has 6 heteroatoms. The lowest BCUT2D eigenvalue weighted by atomic mass is 9.82. The van der Waals surface area contributed by atoms with Gasteiger partial charge in [0.05, 0.1) is 12.2 Å². The first kappa shape index (κ1) is 14.3. The second-order valence-electron chi connectivity index (χ2n) is 6.35. The van der Waals surface area contributed by atoms with Gasteiger partial charge in [-0.2, -0.15) is 0 Å². The minimum atomic E-state index is -0.450. The van der Waals surface area contributed by atoms with Gasteiger partial charge in [0.15, 0.2) is 0 Å². The molecular formula is C15H22N4O2. The van der Waals surface area contributed by atoms with Crippen LogP contribution in [-0.2, 0) is 0 Å². The number of carbonyl (C=O) groups excluding carboxylic acids is 1. The Labute approximate surface area is 124 Å². The molecule has 0 bridgehead atoms. The van der Waals surface area contributed by atoms with Crippen molar-refractivity contribution in [1.29, 1.82) is 0 Å². The van der Waals surface area contributed by atoms with Gasteiger partial charge in [0.1, 0.15) is 5.82 Å². The lowest BCUT2D eigenvalue weighted by Gasteiger charge is -2.26. The molecule has 1 amide bonds. The number of anilines is 1. The van der Waals surface area contributed by atoms with Crippen LogP contribution in [0, 0.1) is 25.2 Å². The summed E-state index contributed by atoms with van der Waals surface area (Å²) >= 11 is 0. The molecule has 1 aromatic rings. The lowest BCUT2D eigenvalue weighted by molar-refractivity contribution is 0.100. The number of aliphatic hydroxyl groups is 1. The van der Waals surface area contributed by atoms with Crippen molar-refractivity contribution < 1.29 is 9.90 Å². The van der Waals surface area contributed by atoms with Crippen LogP contribution in [0.2, 0.25) is 0 Å². The summed E-state index contributed by atoms with van der Waals surface area (Å²) in [5, 5.41) is 13.1. The van der Waals surface area contributed by atoms with E-state index in [0.717, 1.165) is 30.9 Å². The highest BCUT2D eigenvalue weighted by molar-refractivity contribution is 5.98. The Morgan fingerprint density at radius 2 is 2.38 bits per heavy atom. The molecule has 2 atom stereocenters. The van der Waals surface area contributed by atoms with E-state index < -0.39 is 5.91 Å². The number of aryl methyl sites for hydroxylation is 2. The van der Waals surface area contributed by atoms with Crippen molar-refractivity contribution in [3.63, 3.8) is 0 Å². The van der Waals surface area contributed by atoms with Gasteiger partial charge in [-0.15, -0.1) is 0 Å². The first-order valence-corrected chi connectivity index (χ1v) is 7.31. The minimum absolute atomic E-state index is 0.130. The molecule has 4 N–H and O–H groups in total. The fourth-order valence-electron chi connectivity index (χ4n) is 3.52. The Morgan fingerprint density at radius 1 is 1.62 bits per heavy atom. The third kappa shape index (κ3) is 2.18. The normalized spacial score (nSPS) is 28.0. The highest BCUT2D eigenvalue weighted by atomic mass is 16.3. The van der Waals surface area contributed by atoms with Crippen LogP contribution in [0.15, 0.2) is 6.07 Å². The molecule has 0 radical (unpaired) electrons. The standard InChI is InChI=1S/C15H22N4O2/c1-9-3-12(13(16)21)14(18-10(9)2)19-5-11-4-17-6-15(11,7-19)8-20/h3,11,17,20H,4-8H2,1-2H3,(H2,16,21). The molecule has 0 saturated carbocycles. The number of primary amides is 1. The van der Waals surface area contributed by atoms with Crippen LogP contribution in [0.4, 0.5) is 5.82 Å². The van der Waals surface area contributed by atoms with Crippen LogP contribution in [0.1, 0.15) is 21.6 Å². The fraction of sp³-hybridized carbons (Fsp3) is 0.600. The molecule has 3 rings (SSSR count). The van der Waals surface area contributed by atoms with Crippen LogP contribution < -0.4 is 16.0 Å². The zero-order valence-electron chi connectivity index (χ0n) is 12.5. The van der Waals surface area contributed by atoms with Gasteiger partial charge in [-0.25, -0.2) is 4.98 Å². The van der Waals surface area contributed by atoms with E-state index in [1.54, 1.807) is 0 Å². The van der Waals surface area contributed by atoms with E-state index >= 15 is 0 Å². The van der Waals surface area contributed by atoms with Gasteiger partial charge in [0.25, 0.3) is 5.91 Å². The van der Waals surface area contributed by atoms with E-state index in [1.165, 1.54) is 0 Å². The van der Waals surface area contributed by atoms with Gasteiger partial charge in [-0.05, 0) is 31.4 Å². The summed E-state index contributed by atoms with van der Waals surface area (Å²) in [7, 11) is 0. The molecule has 21 heavy (non-hydrogen) atoms. The smallest absolute Gasteiger partial charge is 0.252 e. The van der Waals surface area contributed by atoms with Crippen LogP contribution >= 0.6 is 0 Å². The van der Waals surface area contributed by atoms with Crippen molar-refractivity contribution >= 4 is 11.7 Å². The third-order valence-electron chi connectivity index (χ3n) is 5.01. The van der Waals surface area contributed by atoms with Crippen molar-refractivity contribution in [1.82, 2.24) is 10.3 Å². The molecule has 2 saturated heterocycles. The van der Waals surface area contributed by atoms with Crippen molar-refractivity contribution in [2.45, 2.75) is 13.8 Å². The van der Waals surface area contributed by atoms with Gasteiger partial charge in [0.2, 0.25) is 0 Å². The predicted octanol–water partition coefficient (Wildman–Crippen LogP) is -0.185. The molecule has 2 fully saturated rings. The monoisotopic (exact) mass is 290 g/mol. The highest BCUT2D eigenvalue weighted by Gasteiger charge is 2.50. The van der Waals surface area contributed by atoms with E-state index in [-0.39, 0.29) is 12.0 Å². The molecule has 2 aliphatic rings. The number of hydrogen-bond donors (Lipinski definition) is 3. The largest absolute Gasteiger partial charge is 0.396 e. The average Bonchev–Trinajstić information content (AvgIpc) is 2.98. The second kappa shape index (κ2) is 4.96. The number of pyridine rings is 1. The predicted molar refractivity (Wildman–Crippen MR) is 80.3 cm³/mol. The van der Waals surface area contributed by atoms with Gasteiger partial charge in [-0.1, -0.05) is 0 Å². The van der Waals surface area contributed by atoms with Gasteiger partial charge in [-0.3, -0.25) is 4.79 Å². The number of aliphatic hydroxyl groups excluding tert-OH is 1. The molecular weight excluding hydrogens is 268 g/mol. The van der Waals surface area contributed by atoms with Gasteiger partial charge in [0, 0.05) is 37.3 Å². The maximum absolute atomic E-state index is 11.7. The number of rotatable bonds is 3. The lowest BCUT2D eigenvalue weighted by Crippen LogP contribution is -2.36. The minimum Gasteiger partial charge on any atom is -0.396 e. The van der Waals surface area contributed by atoms with Crippen LogP contribution in [0.25, 0.3) is 0 Å². The van der Waals surface area contributed by atoms with Crippen molar-refractivity contribution in [2.75, 3.05) is 37.7 Å². The van der Waals surface area contributed by atoms with Crippen molar-refractivity contribution in [3.05, 3.63) is 22.9 Å². The van der Waals surface area contributed by atoms with Crippen LogP contribution in [-0.4, -0.2) is 48.8 Å². The topological polar surface area (TPSA) is 91.5 Å². The highest BCUT2D eigenvalue weighted by Crippen LogP contribution is 2.40. The Balaban J connectivity index is 1.98. The zero-order chi connectivity index (χ0) is 15.2. The van der Waals surface area contributed by atoms with Crippen molar-refractivity contribution in [3.8, 4) is 0 Å². The number of nitrogens with one attached hydrogen (secondary N) is 1. The molecule has 0 aromatic carbocycles. The van der Waals surface area contributed by atoms with Crippen LogP contribution in [0.3, 0.4) is 0 Å². The number of nitrogens with two attached hydrogens (primary N) is 1. The molecule has 0 aliphatic carbocycles. The number of amides is 1. The number of fused-ring (bicyclic) bond motifs is 1. The Morgan fingerprint density at radius 3 is 3.00 bits per heavy atom. The molecule has 3 heterocycles. The number of nitrogens with zero attached hydrogens (tertiary/aromatic N) is 2. The fourth-order valence-corrected chi connectivity index (χ4v) is 3.52.